The summed E-state index contributed by atoms with van der Waals surface area (Å²) in [5.74, 6) is 0. The van der Waals surface area contributed by atoms with Crippen LogP contribution in [0.25, 0.3) is 10.9 Å². The van der Waals surface area contributed by atoms with Crippen LogP contribution in [0.15, 0.2) is 29.1 Å². The van der Waals surface area contributed by atoms with Crippen LogP contribution in [0.2, 0.25) is 0 Å². The average molecular weight is 215 g/mol. The van der Waals surface area contributed by atoms with Gasteiger partial charge in [-0.25, -0.2) is 0 Å². The zero-order chi connectivity index (χ0) is 11.7. The molecule has 0 aliphatic carbocycles. The monoisotopic (exact) mass is 215 g/mol. The lowest BCUT2D eigenvalue weighted by molar-refractivity contribution is 0.112. The molecule has 0 fully saturated rings. The average Bonchev–Trinajstić information content (AvgIpc) is 2.33. The fourth-order valence-electron chi connectivity index (χ4n) is 1.86. The molecule has 1 aromatic carbocycles. The lowest BCUT2D eigenvalue weighted by atomic mass is 10.1. The van der Waals surface area contributed by atoms with Gasteiger partial charge in [0, 0.05) is 7.05 Å². The lowest BCUT2D eigenvalue weighted by Gasteiger charge is -2.07. The summed E-state index contributed by atoms with van der Waals surface area (Å²) in [6.07, 6.45) is 1.55. The van der Waals surface area contributed by atoms with Crippen LogP contribution in [0.4, 0.5) is 0 Å². The number of aldehydes is 1. The molecule has 0 unspecified atom stereocenters. The van der Waals surface area contributed by atoms with Gasteiger partial charge in [-0.3, -0.25) is 9.59 Å². The number of pyridine rings is 1. The minimum absolute atomic E-state index is 0.211. The Morgan fingerprint density at radius 2 is 2.06 bits per heavy atom. The number of aromatic nitrogens is 1. The molecular formula is C13H13NO2. The molecule has 3 nitrogen and oxygen atoms in total. The highest BCUT2D eigenvalue weighted by Gasteiger charge is 2.05. The first-order chi connectivity index (χ1) is 7.67. The van der Waals surface area contributed by atoms with E-state index in [1.54, 1.807) is 13.1 Å². The van der Waals surface area contributed by atoms with Crippen LogP contribution >= 0.6 is 0 Å². The number of nitrogens with zero attached hydrogens (tertiary/aromatic N) is 1. The molecule has 16 heavy (non-hydrogen) atoms. The molecule has 0 radical (unpaired) electrons. The van der Waals surface area contributed by atoms with Crippen LogP contribution in [0.5, 0.6) is 0 Å². The summed E-state index contributed by atoms with van der Waals surface area (Å²) in [5, 5.41) is 0.934. The zero-order valence-corrected chi connectivity index (χ0v) is 9.36. The minimum Gasteiger partial charge on any atom is -0.311 e. The van der Waals surface area contributed by atoms with Gasteiger partial charge in [0.05, 0.1) is 11.1 Å². The van der Waals surface area contributed by atoms with Crippen LogP contribution < -0.4 is 5.56 Å². The number of carbonyl (C=O) groups is 1. The predicted molar refractivity (Wildman–Crippen MR) is 64.0 cm³/mol. The fraction of sp³-hybridized carbons (Fsp3) is 0.231. The molecule has 0 N–H and O–H groups in total. The first-order valence-corrected chi connectivity index (χ1v) is 5.25. The van der Waals surface area contributed by atoms with E-state index in [0.29, 0.717) is 6.29 Å². The number of hydrogen-bond acceptors (Lipinski definition) is 2. The highest BCUT2D eigenvalue weighted by atomic mass is 16.1. The zero-order valence-electron chi connectivity index (χ0n) is 9.36. The van der Waals surface area contributed by atoms with E-state index < -0.39 is 0 Å². The number of rotatable bonds is 2. The number of carbonyl (C=O) groups excluding carboxylic acids is 1. The van der Waals surface area contributed by atoms with E-state index in [1.165, 1.54) is 10.1 Å². The molecule has 0 saturated heterocycles. The first-order valence-electron chi connectivity index (χ1n) is 5.25. The van der Waals surface area contributed by atoms with E-state index in [-0.39, 0.29) is 11.1 Å². The van der Waals surface area contributed by atoms with Gasteiger partial charge in [0.15, 0.2) is 6.29 Å². The van der Waals surface area contributed by atoms with Crippen molar-refractivity contribution in [2.45, 2.75) is 13.3 Å². The standard InChI is InChI=1S/C13H13NO2/c1-3-9-4-5-12-10(6-9)7-11(8-15)13(16)14(12)2/h4-8H,3H2,1-2H3. The van der Waals surface area contributed by atoms with Crippen molar-refractivity contribution < 1.29 is 4.79 Å². The van der Waals surface area contributed by atoms with E-state index in [1.807, 2.05) is 18.2 Å². The van der Waals surface area contributed by atoms with Crippen LogP contribution in [0.3, 0.4) is 0 Å². The van der Waals surface area contributed by atoms with E-state index in [4.69, 9.17) is 0 Å². The third-order valence-electron chi connectivity index (χ3n) is 2.85. The Labute approximate surface area is 93.3 Å². The van der Waals surface area contributed by atoms with Gasteiger partial charge in [0.25, 0.3) is 5.56 Å². The molecule has 82 valence electrons. The molecule has 0 saturated carbocycles. The van der Waals surface area contributed by atoms with Crippen molar-refractivity contribution in [1.29, 1.82) is 0 Å². The van der Waals surface area contributed by atoms with Crippen LogP contribution in [0, 0.1) is 0 Å². The molecule has 0 aliphatic rings. The summed E-state index contributed by atoms with van der Waals surface area (Å²) in [4.78, 5) is 22.5. The SMILES string of the molecule is CCc1ccc2c(c1)cc(C=O)c(=O)n2C. The van der Waals surface area contributed by atoms with Crippen LogP contribution in [-0.4, -0.2) is 10.9 Å². The lowest BCUT2D eigenvalue weighted by Crippen LogP contribution is -2.20. The van der Waals surface area contributed by atoms with E-state index >= 15 is 0 Å². The number of hydrogen-bond donors (Lipinski definition) is 0. The van der Waals surface area contributed by atoms with Crippen molar-refractivity contribution in [3.05, 3.63) is 45.7 Å². The Balaban J connectivity index is 2.87. The van der Waals surface area contributed by atoms with Crippen molar-refractivity contribution in [2.75, 3.05) is 0 Å². The molecule has 0 aliphatic heterocycles. The predicted octanol–water partition coefficient (Wildman–Crippen LogP) is 1.91. The Bertz CT molecular complexity index is 611. The number of benzene rings is 1. The third kappa shape index (κ3) is 1.54. The first kappa shape index (κ1) is 10.6. The number of aryl methyl sites for hydroxylation is 2. The third-order valence-corrected chi connectivity index (χ3v) is 2.85. The van der Waals surface area contributed by atoms with E-state index in [9.17, 15) is 9.59 Å². The maximum absolute atomic E-state index is 11.7. The summed E-state index contributed by atoms with van der Waals surface area (Å²) in [6, 6.07) is 7.60. The molecule has 2 aromatic rings. The van der Waals surface area contributed by atoms with Gasteiger partial charge in [0.2, 0.25) is 0 Å². The van der Waals surface area contributed by atoms with Crippen molar-refractivity contribution in [1.82, 2.24) is 4.57 Å². The van der Waals surface area contributed by atoms with Gasteiger partial charge >= 0.3 is 0 Å². The smallest absolute Gasteiger partial charge is 0.261 e. The van der Waals surface area contributed by atoms with E-state index in [0.717, 1.165) is 17.3 Å². The quantitative estimate of drug-likeness (QED) is 0.718. The van der Waals surface area contributed by atoms with Gasteiger partial charge < -0.3 is 4.57 Å². The molecule has 0 atom stereocenters. The Hall–Kier alpha value is -1.90. The molecule has 0 bridgehead atoms. The Kier molecular flexibility index (Phi) is 2.60. The van der Waals surface area contributed by atoms with Crippen LogP contribution in [0.1, 0.15) is 22.8 Å². The largest absolute Gasteiger partial charge is 0.311 e. The normalized spacial score (nSPS) is 10.6. The highest BCUT2D eigenvalue weighted by molar-refractivity contribution is 5.86. The summed E-state index contributed by atoms with van der Waals surface area (Å²) in [7, 11) is 1.68. The van der Waals surface area contributed by atoms with Gasteiger partial charge in [-0.1, -0.05) is 13.0 Å². The Morgan fingerprint density at radius 1 is 1.31 bits per heavy atom. The second-order valence-corrected chi connectivity index (χ2v) is 3.83. The minimum atomic E-state index is -0.244. The summed E-state index contributed by atoms with van der Waals surface area (Å²) < 4.78 is 1.51. The van der Waals surface area contributed by atoms with Gasteiger partial charge in [-0.2, -0.15) is 0 Å². The second-order valence-electron chi connectivity index (χ2n) is 3.83. The van der Waals surface area contributed by atoms with Crippen LogP contribution in [-0.2, 0) is 13.5 Å². The fourth-order valence-corrected chi connectivity index (χ4v) is 1.86. The summed E-state index contributed by atoms with van der Waals surface area (Å²) in [6.45, 7) is 2.07. The molecule has 2 rings (SSSR count). The molecular weight excluding hydrogens is 202 g/mol. The maximum atomic E-state index is 11.7. The van der Waals surface area contributed by atoms with E-state index in [2.05, 4.69) is 6.92 Å². The topological polar surface area (TPSA) is 39.1 Å². The van der Waals surface area contributed by atoms with Crippen molar-refractivity contribution in [2.24, 2.45) is 7.05 Å². The molecule has 3 heteroatoms. The van der Waals surface area contributed by atoms with Crippen molar-refractivity contribution in [3.63, 3.8) is 0 Å². The second kappa shape index (κ2) is 3.93. The molecule has 1 aromatic heterocycles. The summed E-state index contributed by atoms with van der Waals surface area (Å²) in [5.41, 5.74) is 2.02. The van der Waals surface area contributed by atoms with Gasteiger partial charge in [-0.05, 0) is 35.6 Å². The molecule has 0 spiro atoms. The van der Waals surface area contributed by atoms with Gasteiger partial charge in [0.1, 0.15) is 0 Å². The summed E-state index contributed by atoms with van der Waals surface area (Å²) >= 11 is 0. The number of fused-ring (bicyclic) bond motifs is 1. The highest BCUT2D eigenvalue weighted by Crippen LogP contribution is 2.15. The molecule has 0 amide bonds. The van der Waals surface area contributed by atoms with Crippen molar-refractivity contribution >= 4 is 17.2 Å². The molecule has 1 heterocycles. The van der Waals surface area contributed by atoms with Crippen molar-refractivity contribution in [3.8, 4) is 0 Å². The van der Waals surface area contributed by atoms with Gasteiger partial charge in [-0.15, -0.1) is 0 Å². The maximum Gasteiger partial charge on any atom is 0.261 e. The Morgan fingerprint density at radius 3 is 2.69 bits per heavy atom.